The van der Waals surface area contributed by atoms with Crippen LogP contribution in [0, 0.1) is 18.8 Å². The van der Waals surface area contributed by atoms with Gasteiger partial charge in [-0.25, -0.2) is 0 Å². The zero-order valence-corrected chi connectivity index (χ0v) is 23.0. The highest BCUT2D eigenvalue weighted by Gasteiger charge is 2.32. The van der Waals surface area contributed by atoms with E-state index in [1.165, 1.54) is 0 Å². The Morgan fingerprint density at radius 1 is 1.08 bits per heavy atom. The van der Waals surface area contributed by atoms with Crippen LogP contribution in [0.1, 0.15) is 24.1 Å². The van der Waals surface area contributed by atoms with Gasteiger partial charge < -0.3 is 24.3 Å². The Morgan fingerprint density at radius 2 is 1.89 bits per heavy atom. The van der Waals surface area contributed by atoms with Gasteiger partial charge >= 0.3 is 0 Å². The maximum Gasteiger partial charge on any atom is 0.224 e. The highest BCUT2D eigenvalue weighted by atomic mass is 16.5. The Hall–Kier alpha value is -2.88. The summed E-state index contributed by atoms with van der Waals surface area (Å²) in [7, 11) is 3.29. The average Bonchev–Trinajstić information content (AvgIpc) is 2.95. The number of amides is 1. The van der Waals surface area contributed by atoms with Crippen LogP contribution in [-0.4, -0.2) is 94.0 Å². The summed E-state index contributed by atoms with van der Waals surface area (Å²) >= 11 is 0. The first-order valence-corrected chi connectivity index (χ1v) is 13.6. The molecule has 0 unspecified atom stereocenters. The van der Waals surface area contributed by atoms with Crippen molar-refractivity contribution in [3.8, 4) is 17.2 Å². The van der Waals surface area contributed by atoms with Gasteiger partial charge in [-0.05, 0) is 56.1 Å². The monoisotopic (exact) mass is 526 g/mol. The van der Waals surface area contributed by atoms with Gasteiger partial charge in [0.2, 0.25) is 5.91 Å². The van der Waals surface area contributed by atoms with Gasteiger partial charge in [-0.2, -0.15) is 0 Å². The number of ether oxygens (including phenoxy) is 4. The van der Waals surface area contributed by atoms with E-state index in [1.54, 1.807) is 20.4 Å². The molecular weight excluding hydrogens is 484 g/mol. The molecule has 2 saturated heterocycles. The van der Waals surface area contributed by atoms with Crippen LogP contribution in [-0.2, 0) is 16.1 Å². The second-order valence-electron chi connectivity index (χ2n) is 10.2. The molecule has 38 heavy (non-hydrogen) atoms. The Kier molecular flexibility index (Phi) is 10.6. The third-order valence-corrected chi connectivity index (χ3v) is 7.26. The van der Waals surface area contributed by atoms with Crippen molar-refractivity contribution in [3.63, 3.8) is 0 Å². The van der Waals surface area contributed by atoms with Crippen LogP contribution in [0.3, 0.4) is 0 Å². The number of morpholine rings is 1. The van der Waals surface area contributed by atoms with Crippen molar-refractivity contribution >= 4 is 5.91 Å². The van der Waals surface area contributed by atoms with Gasteiger partial charge in [0, 0.05) is 50.9 Å². The molecule has 1 aromatic carbocycles. The van der Waals surface area contributed by atoms with Crippen LogP contribution >= 0.6 is 0 Å². The molecule has 1 amide bonds. The summed E-state index contributed by atoms with van der Waals surface area (Å²) in [6.07, 6.45) is 3.51. The molecule has 2 aliphatic rings. The van der Waals surface area contributed by atoms with E-state index in [0.29, 0.717) is 31.2 Å². The number of pyridine rings is 1. The van der Waals surface area contributed by atoms with Gasteiger partial charge in [0.15, 0.2) is 11.5 Å². The molecule has 1 aromatic heterocycles. The lowest BCUT2D eigenvalue weighted by atomic mass is 9.88. The summed E-state index contributed by atoms with van der Waals surface area (Å²) < 4.78 is 22.4. The molecule has 1 N–H and O–H groups in total. The minimum Gasteiger partial charge on any atom is -0.493 e. The maximum atomic E-state index is 13.2. The largest absolute Gasteiger partial charge is 0.493 e. The number of benzene rings is 1. The molecule has 2 aliphatic heterocycles. The molecule has 208 valence electrons. The third-order valence-electron chi connectivity index (χ3n) is 7.26. The van der Waals surface area contributed by atoms with Gasteiger partial charge in [-0.3, -0.25) is 19.6 Å². The van der Waals surface area contributed by atoms with Crippen molar-refractivity contribution in [2.45, 2.75) is 26.3 Å². The van der Waals surface area contributed by atoms with E-state index in [1.807, 2.05) is 31.2 Å². The number of likely N-dealkylation sites (tertiary alicyclic amines) is 1. The lowest BCUT2D eigenvalue weighted by Gasteiger charge is -2.37. The molecule has 4 rings (SSSR count). The number of aryl methyl sites for hydroxylation is 1. The van der Waals surface area contributed by atoms with Crippen molar-refractivity contribution in [2.24, 2.45) is 11.8 Å². The van der Waals surface area contributed by atoms with Gasteiger partial charge in [-0.1, -0.05) is 6.07 Å². The van der Waals surface area contributed by atoms with E-state index in [-0.39, 0.29) is 17.7 Å². The predicted molar refractivity (Wildman–Crippen MR) is 146 cm³/mol. The molecule has 0 aliphatic carbocycles. The van der Waals surface area contributed by atoms with E-state index in [2.05, 4.69) is 26.2 Å². The summed E-state index contributed by atoms with van der Waals surface area (Å²) in [6, 6.07) is 9.90. The number of hydrogen-bond acceptors (Lipinski definition) is 8. The van der Waals surface area contributed by atoms with Crippen molar-refractivity contribution < 1.29 is 23.7 Å². The number of rotatable bonds is 12. The first-order valence-electron chi connectivity index (χ1n) is 13.6. The van der Waals surface area contributed by atoms with Gasteiger partial charge in [0.05, 0.1) is 46.2 Å². The number of carbonyl (C=O) groups is 1. The smallest absolute Gasteiger partial charge is 0.224 e. The van der Waals surface area contributed by atoms with Gasteiger partial charge in [0.1, 0.15) is 5.75 Å². The van der Waals surface area contributed by atoms with Crippen molar-refractivity contribution in [1.29, 1.82) is 0 Å². The number of piperidine rings is 1. The minimum atomic E-state index is -0.0861. The molecule has 0 radical (unpaired) electrons. The first kappa shape index (κ1) is 28.1. The minimum absolute atomic E-state index is 0.0861. The highest BCUT2D eigenvalue weighted by molar-refractivity contribution is 5.79. The van der Waals surface area contributed by atoms with Gasteiger partial charge in [0.25, 0.3) is 0 Å². The van der Waals surface area contributed by atoms with Crippen LogP contribution in [0.2, 0.25) is 0 Å². The van der Waals surface area contributed by atoms with E-state index >= 15 is 0 Å². The molecule has 0 bridgehead atoms. The number of aromatic nitrogens is 1. The Morgan fingerprint density at radius 3 is 2.63 bits per heavy atom. The summed E-state index contributed by atoms with van der Waals surface area (Å²) in [6.45, 7) is 10.0. The zero-order valence-electron chi connectivity index (χ0n) is 23.0. The second-order valence-corrected chi connectivity index (χ2v) is 10.2. The maximum absolute atomic E-state index is 13.2. The van der Waals surface area contributed by atoms with Crippen LogP contribution in [0.15, 0.2) is 36.5 Å². The first-order chi connectivity index (χ1) is 18.5. The second kappa shape index (κ2) is 14.3. The fourth-order valence-corrected chi connectivity index (χ4v) is 5.22. The topological polar surface area (TPSA) is 85.4 Å². The Labute approximate surface area is 226 Å². The molecule has 0 saturated carbocycles. The lowest BCUT2D eigenvalue weighted by molar-refractivity contribution is -0.127. The van der Waals surface area contributed by atoms with E-state index in [4.69, 9.17) is 18.9 Å². The standard InChI is InChI=1S/C29H42N4O5/c1-22-5-7-26(17-31-22)38-21-24-15-25(29(34)30-9-4-10-32-11-13-37-14-12-32)20-33(19-24)18-23-6-8-27(35-2)28(16-23)36-3/h5-8,16-17,24-25H,4,9-15,18-21H2,1-3H3,(H,30,34)/t24-,25+/m0/s1. The molecule has 3 heterocycles. The van der Waals surface area contributed by atoms with Crippen LogP contribution in [0.25, 0.3) is 0 Å². The number of methoxy groups -OCH3 is 2. The molecule has 2 atom stereocenters. The van der Waals surface area contributed by atoms with Crippen molar-refractivity contribution in [1.82, 2.24) is 20.1 Å². The van der Waals surface area contributed by atoms with Crippen molar-refractivity contribution in [3.05, 3.63) is 47.8 Å². The average molecular weight is 527 g/mol. The number of nitrogens with zero attached hydrogens (tertiary/aromatic N) is 3. The molecule has 0 spiro atoms. The van der Waals surface area contributed by atoms with Gasteiger partial charge in [-0.15, -0.1) is 0 Å². The zero-order chi connectivity index (χ0) is 26.7. The number of hydrogen-bond donors (Lipinski definition) is 1. The Bertz CT molecular complexity index is 1010. The predicted octanol–water partition coefficient (Wildman–Crippen LogP) is 2.76. The molecular formula is C29H42N4O5. The normalized spacial score (nSPS) is 20.6. The number of nitrogens with one attached hydrogen (secondary N) is 1. The van der Waals surface area contributed by atoms with Crippen molar-refractivity contribution in [2.75, 3.05) is 73.3 Å². The number of carbonyl (C=O) groups excluding carboxylic acids is 1. The summed E-state index contributed by atoms with van der Waals surface area (Å²) in [4.78, 5) is 22.3. The Balaban J connectivity index is 1.35. The summed E-state index contributed by atoms with van der Waals surface area (Å²) in [5, 5.41) is 3.20. The summed E-state index contributed by atoms with van der Waals surface area (Å²) in [5.74, 6) is 2.46. The van der Waals surface area contributed by atoms with Crippen LogP contribution in [0.5, 0.6) is 17.2 Å². The van der Waals surface area contributed by atoms with E-state index < -0.39 is 0 Å². The van der Waals surface area contributed by atoms with E-state index in [9.17, 15) is 4.79 Å². The molecule has 2 fully saturated rings. The third kappa shape index (κ3) is 8.31. The lowest BCUT2D eigenvalue weighted by Crippen LogP contribution is -2.47. The van der Waals surface area contributed by atoms with Crippen LogP contribution in [0.4, 0.5) is 0 Å². The fraction of sp³-hybridized carbons (Fsp3) is 0.586. The fourth-order valence-electron chi connectivity index (χ4n) is 5.22. The van der Waals surface area contributed by atoms with E-state index in [0.717, 1.165) is 75.8 Å². The summed E-state index contributed by atoms with van der Waals surface area (Å²) in [5.41, 5.74) is 2.08. The highest BCUT2D eigenvalue weighted by Crippen LogP contribution is 2.30. The molecule has 2 aromatic rings. The molecule has 9 nitrogen and oxygen atoms in total. The quantitative estimate of drug-likeness (QED) is 0.423. The molecule has 9 heteroatoms. The van der Waals surface area contributed by atoms with Crippen LogP contribution < -0.4 is 19.5 Å². The SMILES string of the molecule is COc1ccc(CN2C[C@@H](COc3ccc(C)nc3)C[C@@H](C(=O)NCCCN3CCOCC3)C2)cc1OC.